The fourth-order valence-electron chi connectivity index (χ4n) is 7.91. The minimum Gasteiger partial charge on any atom is -0.444 e. The largest absolute Gasteiger partial charge is 0.444 e. The zero-order valence-corrected chi connectivity index (χ0v) is 22.4. The van der Waals surface area contributed by atoms with Gasteiger partial charge in [0.15, 0.2) is 0 Å². The lowest BCUT2D eigenvalue weighted by atomic mass is 9.73. The first-order valence-electron chi connectivity index (χ1n) is 14.7. The van der Waals surface area contributed by atoms with E-state index in [4.69, 9.17) is 18.9 Å². The molecule has 9 nitrogen and oxygen atoms in total. The Kier molecular flexibility index (Phi) is 6.67. The van der Waals surface area contributed by atoms with E-state index in [1.807, 2.05) is 4.90 Å². The van der Waals surface area contributed by atoms with Gasteiger partial charge in [0.25, 0.3) is 0 Å². The number of nitrogens with zero attached hydrogens (tertiary/aromatic N) is 3. The molecule has 3 unspecified atom stereocenters. The molecule has 6 aliphatic rings. The molecule has 10 heteroatoms. The summed E-state index contributed by atoms with van der Waals surface area (Å²) >= 11 is 0. The molecule has 1 spiro atoms. The predicted octanol–water partition coefficient (Wildman–Crippen LogP) is 3.83. The molecular weight excluding hydrogens is 505 g/mol. The molecule has 6 heterocycles. The molecule has 212 valence electrons. The van der Waals surface area contributed by atoms with Crippen LogP contribution < -0.4 is 4.90 Å². The molecule has 0 saturated carbocycles. The van der Waals surface area contributed by atoms with E-state index in [1.165, 1.54) is 6.07 Å². The van der Waals surface area contributed by atoms with Crippen molar-refractivity contribution in [1.82, 2.24) is 9.80 Å². The summed E-state index contributed by atoms with van der Waals surface area (Å²) < 4.78 is 36.7. The van der Waals surface area contributed by atoms with Gasteiger partial charge in [-0.2, -0.15) is 0 Å². The predicted molar refractivity (Wildman–Crippen MR) is 139 cm³/mol. The number of halogens is 1. The van der Waals surface area contributed by atoms with E-state index >= 15 is 0 Å². The van der Waals surface area contributed by atoms with Crippen molar-refractivity contribution >= 4 is 17.9 Å². The third kappa shape index (κ3) is 4.68. The highest BCUT2D eigenvalue weighted by molar-refractivity contribution is 5.91. The number of carbonyl (C=O) groups excluding carboxylic acids is 2. The minimum atomic E-state index is -0.363. The van der Waals surface area contributed by atoms with Crippen LogP contribution in [0.2, 0.25) is 0 Å². The summed E-state index contributed by atoms with van der Waals surface area (Å²) in [6, 6.07) is 5.66. The zero-order valence-electron chi connectivity index (χ0n) is 22.4. The van der Waals surface area contributed by atoms with Gasteiger partial charge in [-0.05, 0) is 75.4 Å². The number of fused-ring (bicyclic) bond motifs is 4. The van der Waals surface area contributed by atoms with Gasteiger partial charge in [0, 0.05) is 42.9 Å². The third-order valence-corrected chi connectivity index (χ3v) is 10.0. The number of hydrogen-bond acceptors (Lipinski definition) is 7. The first kappa shape index (κ1) is 25.5. The highest BCUT2D eigenvalue weighted by atomic mass is 19.1. The zero-order chi connectivity index (χ0) is 26.6. The lowest BCUT2D eigenvalue weighted by Crippen LogP contribution is -2.56. The molecule has 1 aromatic rings. The number of carbonyl (C=O) groups is 2. The van der Waals surface area contributed by atoms with Crippen molar-refractivity contribution in [3.05, 3.63) is 29.6 Å². The van der Waals surface area contributed by atoms with Crippen LogP contribution in [-0.4, -0.2) is 98.4 Å². The van der Waals surface area contributed by atoms with Crippen molar-refractivity contribution in [2.24, 2.45) is 0 Å². The van der Waals surface area contributed by atoms with E-state index in [1.54, 1.807) is 17.0 Å². The average molecular weight is 544 g/mol. The van der Waals surface area contributed by atoms with Gasteiger partial charge in [0.1, 0.15) is 18.0 Å². The van der Waals surface area contributed by atoms with Gasteiger partial charge < -0.3 is 28.7 Å². The first-order valence-corrected chi connectivity index (χ1v) is 14.7. The maximum atomic E-state index is 14.4. The van der Waals surface area contributed by atoms with Crippen LogP contribution in [0, 0.1) is 5.82 Å². The highest BCUT2D eigenvalue weighted by Gasteiger charge is 2.50. The highest BCUT2D eigenvalue weighted by Crippen LogP contribution is 2.49. The lowest BCUT2D eigenvalue weighted by Gasteiger charge is -2.47. The molecule has 5 fully saturated rings. The summed E-state index contributed by atoms with van der Waals surface area (Å²) in [5.41, 5.74) is 1.42. The van der Waals surface area contributed by atoms with Crippen molar-refractivity contribution in [3.63, 3.8) is 0 Å². The van der Waals surface area contributed by atoms with Crippen molar-refractivity contribution in [2.75, 3.05) is 51.0 Å². The number of rotatable bonds is 3. The Morgan fingerprint density at radius 2 is 1.51 bits per heavy atom. The number of benzene rings is 1. The van der Waals surface area contributed by atoms with E-state index in [2.05, 4.69) is 4.90 Å². The van der Waals surface area contributed by atoms with E-state index in [9.17, 15) is 14.0 Å². The van der Waals surface area contributed by atoms with Gasteiger partial charge in [0.05, 0.1) is 32.1 Å². The topological polar surface area (TPSA) is 80.8 Å². The Labute approximate surface area is 228 Å². The van der Waals surface area contributed by atoms with Crippen LogP contribution in [-0.2, 0) is 24.4 Å². The number of likely N-dealkylation sites (tertiary alicyclic amines) is 1. The van der Waals surface area contributed by atoms with E-state index in [0.29, 0.717) is 45.4 Å². The van der Waals surface area contributed by atoms with E-state index < -0.39 is 0 Å². The van der Waals surface area contributed by atoms with E-state index in [-0.39, 0.29) is 47.7 Å². The molecule has 4 atom stereocenters. The van der Waals surface area contributed by atoms with Crippen LogP contribution in [0.4, 0.5) is 19.7 Å². The fourth-order valence-corrected chi connectivity index (χ4v) is 7.91. The van der Waals surface area contributed by atoms with Crippen molar-refractivity contribution in [1.29, 1.82) is 0 Å². The molecule has 0 aromatic heterocycles. The van der Waals surface area contributed by atoms with Crippen LogP contribution in [0.15, 0.2) is 18.2 Å². The van der Waals surface area contributed by atoms with Crippen molar-refractivity contribution in [2.45, 2.75) is 87.1 Å². The summed E-state index contributed by atoms with van der Waals surface area (Å²) in [5.74, 6) is -0.269. The third-order valence-electron chi connectivity index (χ3n) is 10.0. The van der Waals surface area contributed by atoms with Crippen LogP contribution in [0.25, 0.3) is 0 Å². The van der Waals surface area contributed by atoms with Gasteiger partial charge in [-0.1, -0.05) is 0 Å². The van der Waals surface area contributed by atoms with Gasteiger partial charge in [-0.15, -0.1) is 0 Å². The molecule has 2 amide bonds. The quantitative estimate of drug-likeness (QED) is 0.573. The summed E-state index contributed by atoms with van der Waals surface area (Å²) in [5, 5.41) is 0. The molecule has 5 saturated heterocycles. The normalized spacial score (nSPS) is 33.5. The molecule has 6 aliphatic heterocycles. The van der Waals surface area contributed by atoms with Gasteiger partial charge in [0.2, 0.25) is 0 Å². The van der Waals surface area contributed by atoms with Crippen molar-refractivity contribution < 1.29 is 32.9 Å². The first-order chi connectivity index (χ1) is 19.0. The van der Waals surface area contributed by atoms with E-state index in [0.717, 1.165) is 69.3 Å². The summed E-state index contributed by atoms with van der Waals surface area (Å²) in [7, 11) is 0. The molecule has 7 rings (SSSR count). The van der Waals surface area contributed by atoms with Crippen LogP contribution >= 0.6 is 0 Å². The van der Waals surface area contributed by atoms with Gasteiger partial charge in [-0.3, -0.25) is 4.90 Å². The van der Waals surface area contributed by atoms with Gasteiger partial charge >= 0.3 is 12.2 Å². The van der Waals surface area contributed by atoms with Crippen LogP contribution in [0.5, 0.6) is 0 Å². The number of anilines is 1. The van der Waals surface area contributed by atoms with Crippen molar-refractivity contribution in [3.8, 4) is 0 Å². The minimum absolute atomic E-state index is 0.115. The number of amides is 2. The second-order valence-electron chi connectivity index (χ2n) is 12.2. The maximum absolute atomic E-state index is 14.4. The molecule has 2 bridgehead atoms. The Morgan fingerprint density at radius 3 is 2.13 bits per heavy atom. The molecular formula is C29H38FN3O6. The number of piperidine rings is 2. The Balaban J connectivity index is 1.01. The van der Waals surface area contributed by atoms with Gasteiger partial charge in [-0.25, -0.2) is 14.0 Å². The Bertz CT molecular complexity index is 1080. The standard InChI is InChI=1S/C29H38FN3O6/c30-19-1-4-26-25(13-19)29(18-32(26)27(34)38-23-5-11-36-16-23)7-9-31(10-8-29)22-14-20-2-3-21(15-22)33(20)28(35)39-24-6-12-37-17-24/h1,4,13,20-24H,2-3,5-12,14-18H2/t20?,21?,22?,23?,24-/m0/s1. The average Bonchev–Trinajstić information content (AvgIpc) is 3.73. The summed E-state index contributed by atoms with van der Waals surface area (Å²) in [4.78, 5) is 32.4. The molecule has 0 aliphatic carbocycles. The summed E-state index contributed by atoms with van der Waals surface area (Å²) in [6.07, 6.45) is 6.34. The Hall–Kier alpha value is -2.43. The van der Waals surface area contributed by atoms with Crippen LogP contribution in [0.3, 0.4) is 0 Å². The lowest BCUT2D eigenvalue weighted by molar-refractivity contribution is 0.00963. The monoisotopic (exact) mass is 543 g/mol. The fraction of sp³-hybridized carbons (Fsp3) is 0.724. The Morgan fingerprint density at radius 1 is 0.872 bits per heavy atom. The maximum Gasteiger partial charge on any atom is 0.414 e. The molecule has 1 aromatic carbocycles. The molecule has 39 heavy (non-hydrogen) atoms. The van der Waals surface area contributed by atoms with Crippen LogP contribution in [0.1, 0.15) is 56.9 Å². The molecule has 0 radical (unpaired) electrons. The number of ether oxygens (including phenoxy) is 4. The summed E-state index contributed by atoms with van der Waals surface area (Å²) in [6.45, 7) is 4.51. The number of hydrogen-bond donors (Lipinski definition) is 0. The second kappa shape index (κ2) is 10.2. The SMILES string of the molecule is O=C(OC1CCOC1)N1CC2(CCN(C3CC4CCC(C3)N4C(=O)O[C@H]3CCOC3)CC2)c2cc(F)ccc21. The smallest absolute Gasteiger partial charge is 0.414 e. The second-order valence-corrected chi connectivity index (χ2v) is 12.2. The molecule has 0 N–H and O–H groups in total.